The molecule has 0 spiro atoms. The Kier molecular flexibility index (Phi) is 4.94. The molecular weight excluding hydrogens is 330 g/mol. The lowest BCUT2D eigenvalue weighted by Crippen LogP contribution is -2.29. The molecule has 1 N–H and O–H groups in total. The molecule has 0 amide bonds. The van der Waals surface area contributed by atoms with Crippen molar-refractivity contribution in [2.24, 2.45) is 0 Å². The van der Waals surface area contributed by atoms with Crippen LogP contribution in [0.25, 0.3) is 11.0 Å². The van der Waals surface area contributed by atoms with E-state index in [0.717, 1.165) is 48.1 Å². The molecule has 2 heterocycles. The molecule has 0 radical (unpaired) electrons. The minimum Gasteiger partial charge on any atom is -0.493 e. The summed E-state index contributed by atoms with van der Waals surface area (Å²) in [5.41, 5.74) is 1.69. The van der Waals surface area contributed by atoms with Crippen LogP contribution in [-0.4, -0.2) is 31.0 Å². The van der Waals surface area contributed by atoms with Gasteiger partial charge in [0.05, 0.1) is 12.3 Å². The molecule has 1 aliphatic rings. The number of ether oxygens (including phenoxy) is 1. The first kappa shape index (κ1) is 16.6. The molecular formula is C16H21N3O4S. The van der Waals surface area contributed by atoms with Crippen molar-refractivity contribution in [1.82, 2.24) is 14.2 Å². The Morgan fingerprint density at radius 3 is 2.92 bits per heavy atom. The molecule has 0 bridgehead atoms. The van der Waals surface area contributed by atoms with Gasteiger partial charge in [-0.3, -0.25) is 9.03 Å². The number of benzene rings is 1. The minimum absolute atomic E-state index is 0.482. The first-order valence-corrected chi connectivity index (χ1v) is 9.51. The minimum atomic E-state index is -3.32. The molecule has 0 atom stereocenters. The summed E-state index contributed by atoms with van der Waals surface area (Å²) in [5, 5.41) is 5.06. The molecule has 2 aromatic rings. The van der Waals surface area contributed by atoms with E-state index in [2.05, 4.69) is 9.88 Å². The van der Waals surface area contributed by atoms with Gasteiger partial charge in [-0.25, -0.2) is 0 Å². The van der Waals surface area contributed by atoms with Crippen molar-refractivity contribution < 1.29 is 17.7 Å². The lowest BCUT2D eigenvalue weighted by Gasteiger charge is -2.13. The number of nitrogens with one attached hydrogen (secondary N) is 1. The number of aromatic nitrogens is 1. The maximum absolute atomic E-state index is 11.5. The Labute approximate surface area is 141 Å². The van der Waals surface area contributed by atoms with Crippen LogP contribution in [0.15, 0.2) is 35.1 Å². The number of hydrogen-bond acceptors (Lipinski definition) is 5. The molecule has 0 unspecified atom stereocenters. The Hall–Kier alpha value is -2.22. The van der Waals surface area contributed by atoms with E-state index in [1.807, 2.05) is 25.1 Å². The molecule has 0 saturated heterocycles. The molecule has 3 rings (SSSR count). The summed E-state index contributed by atoms with van der Waals surface area (Å²) in [5.74, 6) is 0.760. The molecule has 0 aliphatic carbocycles. The number of aryl methyl sites for hydroxylation is 1. The van der Waals surface area contributed by atoms with Gasteiger partial charge in [0.25, 0.3) is 0 Å². The summed E-state index contributed by atoms with van der Waals surface area (Å²) in [4.78, 5) is 0. The van der Waals surface area contributed by atoms with E-state index in [4.69, 9.17) is 9.26 Å². The molecule has 0 fully saturated rings. The van der Waals surface area contributed by atoms with Crippen LogP contribution in [0.1, 0.15) is 31.9 Å². The number of fused-ring (bicyclic) bond motifs is 1. The first-order chi connectivity index (χ1) is 11.6. The standard InChI is InChI=1S/C16H21N3O4S/c1-2-15-14-7-6-13(12-16(14)23-18-15)22-11-5-3-4-9-19-10-8-17-24(19,20)21/h6-8,10,12,17H,2-5,9,11H2,1H3. The van der Waals surface area contributed by atoms with Gasteiger partial charge in [-0.2, -0.15) is 8.42 Å². The summed E-state index contributed by atoms with van der Waals surface area (Å²) < 4.78 is 37.7. The molecule has 8 heteroatoms. The van der Waals surface area contributed by atoms with E-state index in [0.29, 0.717) is 13.2 Å². The van der Waals surface area contributed by atoms with Crippen LogP contribution in [0, 0.1) is 0 Å². The third-order valence-electron chi connectivity index (χ3n) is 3.91. The van der Waals surface area contributed by atoms with Gasteiger partial charge in [0.1, 0.15) is 5.75 Å². The third kappa shape index (κ3) is 3.64. The lowest BCUT2D eigenvalue weighted by molar-refractivity contribution is 0.303. The first-order valence-electron chi connectivity index (χ1n) is 8.07. The van der Waals surface area contributed by atoms with Gasteiger partial charge in [-0.05, 0) is 37.8 Å². The summed E-state index contributed by atoms with van der Waals surface area (Å²) in [6.07, 6.45) is 6.36. The zero-order valence-electron chi connectivity index (χ0n) is 13.6. The fraction of sp³-hybridized carbons (Fsp3) is 0.438. The zero-order chi connectivity index (χ0) is 17.0. The molecule has 1 aromatic heterocycles. The van der Waals surface area contributed by atoms with Crippen molar-refractivity contribution in [2.75, 3.05) is 13.2 Å². The molecule has 1 aliphatic heterocycles. The second kappa shape index (κ2) is 7.12. The molecule has 24 heavy (non-hydrogen) atoms. The van der Waals surface area contributed by atoms with Gasteiger partial charge in [0.2, 0.25) is 0 Å². The SMILES string of the molecule is CCc1noc2cc(OCCCCCN3C=CNS3(=O)=O)ccc12. The Balaban J connectivity index is 1.40. The number of hydrogen-bond donors (Lipinski definition) is 1. The molecule has 0 saturated carbocycles. The summed E-state index contributed by atoms with van der Waals surface area (Å²) >= 11 is 0. The summed E-state index contributed by atoms with van der Waals surface area (Å²) in [7, 11) is -3.32. The van der Waals surface area contributed by atoms with Crippen LogP contribution in [-0.2, 0) is 16.6 Å². The highest BCUT2D eigenvalue weighted by Gasteiger charge is 2.20. The topological polar surface area (TPSA) is 84.7 Å². The summed E-state index contributed by atoms with van der Waals surface area (Å²) in [6.45, 7) is 3.11. The monoisotopic (exact) mass is 351 g/mol. The highest BCUT2D eigenvalue weighted by atomic mass is 32.2. The fourth-order valence-corrected chi connectivity index (χ4v) is 3.55. The van der Waals surface area contributed by atoms with Crippen molar-refractivity contribution in [1.29, 1.82) is 0 Å². The fourth-order valence-electron chi connectivity index (χ4n) is 2.59. The van der Waals surface area contributed by atoms with E-state index in [1.54, 1.807) is 6.20 Å². The van der Waals surface area contributed by atoms with E-state index in [1.165, 1.54) is 10.5 Å². The Morgan fingerprint density at radius 1 is 1.29 bits per heavy atom. The van der Waals surface area contributed by atoms with Crippen molar-refractivity contribution in [3.8, 4) is 5.75 Å². The number of rotatable bonds is 8. The van der Waals surface area contributed by atoms with Crippen LogP contribution in [0.5, 0.6) is 5.75 Å². The van der Waals surface area contributed by atoms with Crippen LogP contribution < -0.4 is 9.46 Å². The van der Waals surface area contributed by atoms with Crippen LogP contribution in [0.2, 0.25) is 0 Å². The maximum atomic E-state index is 11.5. The van der Waals surface area contributed by atoms with E-state index < -0.39 is 10.2 Å². The second-order valence-corrected chi connectivity index (χ2v) is 7.25. The Morgan fingerprint density at radius 2 is 2.17 bits per heavy atom. The average molecular weight is 351 g/mol. The second-order valence-electron chi connectivity index (χ2n) is 5.60. The summed E-state index contributed by atoms with van der Waals surface area (Å²) in [6, 6.07) is 5.75. The molecule has 1 aromatic carbocycles. The zero-order valence-corrected chi connectivity index (χ0v) is 14.4. The van der Waals surface area contributed by atoms with Gasteiger partial charge >= 0.3 is 10.2 Å². The van der Waals surface area contributed by atoms with E-state index in [-0.39, 0.29) is 0 Å². The predicted molar refractivity (Wildman–Crippen MR) is 90.6 cm³/mol. The average Bonchev–Trinajstić information content (AvgIpc) is 3.12. The highest BCUT2D eigenvalue weighted by Crippen LogP contribution is 2.24. The van der Waals surface area contributed by atoms with Crippen LogP contribution >= 0.6 is 0 Å². The predicted octanol–water partition coefficient (Wildman–Crippen LogP) is 2.56. The largest absolute Gasteiger partial charge is 0.493 e. The highest BCUT2D eigenvalue weighted by molar-refractivity contribution is 7.87. The van der Waals surface area contributed by atoms with Crippen molar-refractivity contribution in [3.05, 3.63) is 36.3 Å². The maximum Gasteiger partial charge on any atom is 0.323 e. The molecule has 7 nitrogen and oxygen atoms in total. The van der Waals surface area contributed by atoms with Gasteiger partial charge in [0, 0.05) is 30.4 Å². The van der Waals surface area contributed by atoms with Crippen molar-refractivity contribution in [2.45, 2.75) is 32.6 Å². The number of unbranched alkanes of at least 4 members (excludes halogenated alkanes) is 2. The number of nitrogens with zero attached hydrogens (tertiary/aromatic N) is 2. The van der Waals surface area contributed by atoms with E-state index >= 15 is 0 Å². The Bertz CT molecular complexity index is 829. The van der Waals surface area contributed by atoms with E-state index in [9.17, 15) is 8.42 Å². The third-order valence-corrected chi connectivity index (χ3v) is 5.27. The smallest absolute Gasteiger partial charge is 0.323 e. The van der Waals surface area contributed by atoms with Crippen molar-refractivity contribution in [3.63, 3.8) is 0 Å². The van der Waals surface area contributed by atoms with Gasteiger partial charge in [-0.15, -0.1) is 0 Å². The normalized spacial score (nSPS) is 15.8. The molecule has 130 valence electrons. The quantitative estimate of drug-likeness (QED) is 0.739. The van der Waals surface area contributed by atoms with Gasteiger partial charge < -0.3 is 9.26 Å². The van der Waals surface area contributed by atoms with Crippen LogP contribution in [0.3, 0.4) is 0 Å². The van der Waals surface area contributed by atoms with Gasteiger partial charge in [-0.1, -0.05) is 12.1 Å². The van der Waals surface area contributed by atoms with Crippen molar-refractivity contribution >= 4 is 21.2 Å². The van der Waals surface area contributed by atoms with Gasteiger partial charge in [0.15, 0.2) is 5.58 Å². The van der Waals surface area contributed by atoms with Crippen LogP contribution in [0.4, 0.5) is 0 Å². The lowest BCUT2D eigenvalue weighted by atomic mass is 10.2.